The maximum Gasteiger partial charge on any atom is 0.410 e. The number of anilines is 1. The van der Waals surface area contributed by atoms with Crippen molar-refractivity contribution in [3.05, 3.63) is 29.3 Å². The lowest BCUT2D eigenvalue weighted by molar-refractivity contribution is -0.134. The Morgan fingerprint density at radius 2 is 1.75 bits per heavy atom. The number of piperidine rings is 1. The Morgan fingerprint density at radius 3 is 2.36 bits per heavy atom. The van der Waals surface area contributed by atoms with Crippen LogP contribution in [0, 0.1) is 11.6 Å². The van der Waals surface area contributed by atoms with E-state index in [1.165, 1.54) is 12.1 Å². The monoisotopic (exact) mass is 393 g/mol. The van der Waals surface area contributed by atoms with E-state index in [0.29, 0.717) is 31.9 Å². The summed E-state index contributed by atoms with van der Waals surface area (Å²) in [6, 6.07) is 2.36. The van der Waals surface area contributed by atoms with Crippen LogP contribution in [0.25, 0.3) is 0 Å². The fourth-order valence-electron chi connectivity index (χ4n) is 3.90. The summed E-state index contributed by atoms with van der Waals surface area (Å²) in [6.07, 6.45) is 1.43. The highest BCUT2D eigenvalue weighted by molar-refractivity contribution is 6.01. The first-order valence-electron chi connectivity index (χ1n) is 9.45. The molecule has 0 saturated carbocycles. The molecule has 3 amide bonds. The number of rotatable bonds is 3. The third-order valence-corrected chi connectivity index (χ3v) is 5.50. The molecule has 9 heteroatoms. The first-order chi connectivity index (χ1) is 13.4. The minimum atomic E-state index is -1.02. The predicted molar refractivity (Wildman–Crippen MR) is 94.8 cm³/mol. The molecule has 1 aromatic rings. The summed E-state index contributed by atoms with van der Waals surface area (Å²) in [7, 11) is 0. The van der Waals surface area contributed by atoms with Crippen LogP contribution in [0.2, 0.25) is 0 Å². The van der Waals surface area contributed by atoms with Gasteiger partial charge in [0.15, 0.2) is 0 Å². The fraction of sp³-hybridized carbons (Fsp3) is 0.526. The highest BCUT2D eigenvalue weighted by Crippen LogP contribution is 2.33. The average Bonchev–Trinajstić information content (AvgIpc) is 3.13. The molecule has 4 rings (SSSR count). The summed E-state index contributed by atoms with van der Waals surface area (Å²) >= 11 is 0. The van der Waals surface area contributed by atoms with Crippen LogP contribution in [0.3, 0.4) is 0 Å². The molecule has 1 unspecified atom stereocenters. The second kappa shape index (κ2) is 7.37. The molecule has 0 radical (unpaired) electrons. The van der Waals surface area contributed by atoms with E-state index < -0.39 is 29.4 Å². The molecule has 3 fully saturated rings. The van der Waals surface area contributed by atoms with Crippen molar-refractivity contribution in [1.82, 2.24) is 10.2 Å². The van der Waals surface area contributed by atoms with E-state index in [0.717, 1.165) is 12.8 Å². The zero-order chi connectivity index (χ0) is 19.8. The minimum absolute atomic E-state index is 0.0488. The van der Waals surface area contributed by atoms with Crippen LogP contribution in [-0.2, 0) is 14.3 Å². The highest BCUT2D eigenvalue weighted by atomic mass is 19.1. The number of nitrogens with one attached hydrogen (secondary N) is 1. The minimum Gasteiger partial charge on any atom is -0.442 e. The smallest absolute Gasteiger partial charge is 0.410 e. The molecule has 0 spiro atoms. The van der Waals surface area contributed by atoms with Crippen LogP contribution in [0.5, 0.6) is 0 Å². The fourth-order valence-corrected chi connectivity index (χ4v) is 3.90. The van der Waals surface area contributed by atoms with Crippen LogP contribution in [0.15, 0.2) is 12.1 Å². The van der Waals surface area contributed by atoms with E-state index in [1.54, 1.807) is 9.80 Å². The standard InChI is InChI=1S/C19H21F2N3O4/c20-14-7-11(8-15(21)17(14)13-3-4-16(25)22-18(13)26)24-9-12(10-24)28-19(27)23-5-1-2-6-23/h7-8,12-13H,1-6,9-10H2,(H,22,25,26). The molecule has 1 N–H and O–H groups in total. The molecule has 0 aromatic heterocycles. The van der Waals surface area contributed by atoms with E-state index in [9.17, 15) is 23.2 Å². The molecule has 3 heterocycles. The quantitative estimate of drug-likeness (QED) is 0.794. The van der Waals surface area contributed by atoms with Gasteiger partial charge in [-0.25, -0.2) is 13.6 Å². The van der Waals surface area contributed by atoms with Gasteiger partial charge in [-0.05, 0) is 31.4 Å². The summed E-state index contributed by atoms with van der Waals surface area (Å²) in [5.41, 5.74) is 0.0193. The third-order valence-electron chi connectivity index (χ3n) is 5.50. The van der Waals surface area contributed by atoms with Gasteiger partial charge in [0.1, 0.15) is 17.7 Å². The van der Waals surface area contributed by atoms with Crippen molar-refractivity contribution in [2.75, 3.05) is 31.1 Å². The van der Waals surface area contributed by atoms with Crippen molar-refractivity contribution in [2.24, 2.45) is 0 Å². The molecule has 3 aliphatic rings. The van der Waals surface area contributed by atoms with Crippen LogP contribution in [0.1, 0.15) is 37.2 Å². The summed E-state index contributed by atoms with van der Waals surface area (Å²) in [4.78, 5) is 38.5. The second-order valence-electron chi connectivity index (χ2n) is 7.43. The Balaban J connectivity index is 1.39. The van der Waals surface area contributed by atoms with Gasteiger partial charge in [0, 0.05) is 30.8 Å². The number of likely N-dealkylation sites (tertiary alicyclic amines) is 1. The maximum absolute atomic E-state index is 14.6. The number of amides is 3. The summed E-state index contributed by atoms with van der Waals surface area (Å²) in [5.74, 6) is -3.77. The summed E-state index contributed by atoms with van der Waals surface area (Å²) < 4.78 is 34.5. The van der Waals surface area contributed by atoms with E-state index in [4.69, 9.17) is 4.74 Å². The Bertz CT molecular complexity index is 796. The molecule has 0 aliphatic carbocycles. The molecule has 28 heavy (non-hydrogen) atoms. The second-order valence-corrected chi connectivity index (χ2v) is 7.43. The number of hydrogen-bond donors (Lipinski definition) is 1. The summed E-state index contributed by atoms with van der Waals surface area (Å²) in [5, 5.41) is 2.12. The van der Waals surface area contributed by atoms with Crippen LogP contribution < -0.4 is 10.2 Å². The molecular weight excluding hydrogens is 372 g/mol. The van der Waals surface area contributed by atoms with Crippen molar-refractivity contribution in [3.63, 3.8) is 0 Å². The predicted octanol–water partition coefficient (Wildman–Crippen LogP) is 1.91. The van der Waals surface area contributed by atoms with Gasteiger partial charge in [-0.15, -0.1) is 0 Å². The van der Waals surface area contributed by atoms with Crippen molar-refractivity contribution in [3.8, 4) is 0 Å². The molecule has 150 valence electrons. The van der Waals surface area contributed by atoms with Gasteiger partial charge in [0.2, 0.25) is 11.8 Å². The number of imide groups is 1. The van der Waals surface area contributed by atoms with Crippen LogP contribution in [-0.4, -0.2) is 55.1 Å². The van der Waals surface area contributed by atoms with E-state index >= 15 is 0 Å². The van der Waals surface area contributed by atoms with Gasteiger partial charge in [-0.2, -0.15) is 0 Å². The van der Waals surface area contributed by atoms with E-state index in [1.807, 2.05) is 0 Å². The topological polar surface area (TPSA) is 79.0 Å². The first-order valence-corrected chi connectivity index (χ1v) is 9.45. The highest BCUT2D eigenvalue weighted by Gasteiger charge is 2.35. The van der Waals surface area contributed by atoms with Crippen molar-refractivity contribution < 1.29 is 27.9 Å². The Kier molecular flexibility index (Phi) is 4.91. The molecule has 1 atom stereocenters. The van der Waals surface area contributed by atoms with Gasteiger partial charge in [0.25, 0.3) is 0 Å². The number of carbonyl (C=O) groups is 3. The largest absolute Gasteiger partial charge is 0.442 e. The molecular formula is C19H21F2N3O4. The number of halogens is 2. The maximum atomic E-state index is 14.6. The number of ether oxygens (including phenoxy) is 1. The average molecular weight is 393 g/mol. The first kappa shape index (κ1) is 18.6. The third kappa shape index (κ3) is 3.53. The van der Waals surface area contributed by atoms with Crippen LogP contribution >= 0.6 is 0 Å². The normalized spacial score (nSPS) is 22.9. The van der Waals surface area contributed by atoms with E-state index in [-0.39, 0.29) is 30.6 Å². The Morgan fingerprint density at radius 1 is 1.11 bits per heavy atom. The van der Waals surface area contributed by atoms with E-state index in [2.05, 4.69) is 5.32 Å². The number of benzene rings is 1. The molecule has 7 nitrogen and oxygen atoms in total. The lowest BCUT2D eigenvalue weighted by Gasteiger charge is -2.40. The van der Waals surface area contributed by atoms with Gasteiger partial charge in [-0.3, -0.25) is 14.9 Å². The number of hydrogen-bond acceptors (Lipinski definition) is 5. The molecule has 1 aromatic carbocycles. The summed E-state index contributed by atoms with van der Waals surface area (Å²) in [6.45, 7) is 2.12. The number of carbonyl (C=O) groups excluding carboxylic acids is 3. The lowest BCUT2D eigenvalue weighted by atomic mass is 9.89. The SMILES string of the molecule is O=C1CCC(c2c(F)cc(N3CC(OC(=O)N4CCCC4)C3)cc2F)C(=O)N1. The Labute approximate surface area is 160 Å². The number of nitrogens with zero attached hydrogens (tertiary/aromatic N) is 2. The molecule has 3 aliphatic heterocycles. The van der Waals surface area contributed by atoms with Gasteiger partial charge < -0.3 is 14.5 Å². The van der Waals surface area contributed by atoms with Crippen molar-refractivity contribution in [1.29, 1.82) is 0 Å². The van der Waals surface area contributed by atoms with Crippen molar-refractivity contribution >= 4 is 23.6 Å². The zero-order valence-electron chi connectivity index (χ0n) is 15.2. The zero-order valence-corrected chi connectivity index (χ0v) is 15.2. The van der Waals surface area contributed by atoms with Gasteiger partial charge in [0.05, 0.1) is 19.0 Å². The van der Waals surface area contributed by atoms with Gasteiger partial charge in [-0.1, -0.05) is 0 Å². The lowest BCUT2D eigenvalue weighted by Crippen LogP contribution is -2.54. The Hall–Kier alpha value is -2.71. The molecule has 3 saturated heterocycles. The molecule has 0 bridgehead atoms. The van der Waals surface area contributed by atoms with Crippen molar-refractivity contribution in [2.45, 2.75) is 37.7 Å². The van der Waals surface area contributed by atoms with Crippen LogP contribution in [0.4, 0.5) is 19.3 Å². The van der Waals surface area contributed by atoms with Gasteiger partial charge >= 0.3 is 6.09 Å².